The van der Waals surface area contributed by atoms with Gasteiger partial charge >= 0.3 is 0 Å². The van der Waals surface area contributed by atoms with E-state index in [1.807, 2.05) is 6.07 Å². The number of para-hydroxylation sites is 4. The Morgan fingerprint density at radius 3 is 1.45 bits per heavy atom. The molecular formula is C86H62B2N2O4. The quantitative estimate of drug-likeness (QED) is 0.155. The SMILES string of the molecule is CC(C)(C)c1cc(-c2cc3c4c(c2)N(c2ccccc2-c2ccccc2)c2cc5c(cc2B4c2ccc4c(oc6ccccc64)c2O3)B2c3ccc(-c4ccccc4)cc3Oc3c2c(cc2oc4ccccc4c32)N5c2ccccc2-c2ccccc2)cc(C(C)(C)C)c1. The van der Waals surface area contributed by atoms with E-state index in [0.717, 1.165) is 178 Å². The highest BCUT2D eigenvalue weighted by Gasteiger charge is 2.49. The van der Waals surface area contributed by atoms with E-state index in [9.17, 15) is 0 Å². The molecule has 0 aliphatic carbocycles. The lowest BCUT2D eigenvalue weighted by atomic mass is 9.30. The Morgan fingerprint density at radius 2 is 0.809 bits per heavy atom. The Bertz CT molecular complexity index is 5650. The summed E-state index contributed by atoms with van der Waals surface area (Å²) in [5.41, 5.74) is 27.1. The molecule has 0 saturated heterocycles. The van der Waals surface area contributed by atoms with Crippen LogP contribution in [0.25, 0.3) is 88.4 Å². The molecule has 0 amide bonds. The molecule has 2 aromatic heterocycles. The van der Waals surface area contributed by atoms with Crippen LogP contribution in [0.2, 0.25) is 0 Å². The third kappa shape index (κ3) is 8.18. The number of benzene rings is 13. The second-order valence-electron chi connectivity index (χ2n) is 27.9. The molecule has 94 heavy (non-hydrogen) atoms. The molecule has 19 rings (SSSR count). The van der Waals surface area contributed by atoms with Crippen LogP contribution >= 0.6 is 0 Å². The number of anilines is 6. The minimum absolute atomic E-state index is 0.125. The van der Waals surface area contributed by atoms with Crippen molar-refractivity contribution in [2.75, 3.05) is 9.80 Å². The first-order chi connectivity index (χ1) is 45.9. The maximum absolute atomic E-state index is 7.70. The van der Waals surface area contributed by atoms with Crippen LogP contribution in [0.1, 0.15) is 52.7 Å². The summed E-state index contributed by atoms with van der Waals surface area (Å²) < 4.78 is 29.4. The van der Waals surface area contributed by atoms with Gasteiger partial charge in [0, 0.05) is 56.1 Å². The molecule has 8 heteroatoms. The highest BCUT2D eigenvalue weighted by molar-refractivity contribution is 7.02. The van der Waals surface area contributed by atoms with E-state index in [1.165, 1.54) is 11.1 Å². The molecule has 0 fully saturated rings. The van der Waals surface area contributed by atoms with Gasteiger partial charge in [0.05, 0.1) is 16.8 Å². The maximum Gasteiger partial charge on any atom is 0.256 e. The summed E-state index contributed by atoms with van der Waals surface area (Å²) in [6.07, 6.45) is 0. The van der Waals surface area contributed by atoms with E-state index >= 15 is 0 Å². The van der Waals surface area contributed by atoms with E-state index in [0.29, 0.717) is 0 Å². The Balaban J connectivity index is 0.970. The standard InChI is InChI=1S/C86H62B2N2O4/c1-85(2,3)57-42-55(43-58(47-57)86(4,5)6)56-44-72-80-78(46-56)94-83-65(41-39-62-61-32-18-22-36-74(61)92-82(62)83)88(80)67-48-66-70(49-71(67)89(72)68-34-20-16-30-59(68)52-26-12-8-13-27-52)90(69-35-21-17-31-60(69)53-28-14-9-15-29-53)73-50-77-79(63-33-19-23-37-75(63)91-77)84-81(73)87(66)64-40-38-54(45-76(64)93-84)51-24-10-7-11-25-51/h7-50H,1-6H3. The van der Waals surface area contributed by atoms with Crippen molar-refractivity contribution in [2.45, 2.75) is 52.4 Å². The fourth-order valence-electron chi connectivity index (χ4n) is 15.7. The normalized spacial score (nSPS) is 13.5. The van der Waals surface area contributed by atoms with Crippen LogP contribution in [0.5, 0.6) is 23.0 Å². The summed E-state index contributed by atoms with van der Waals surface area (Å²) in [7, 11) is 0. The van der Waals surface area contributed by atoms with Crippen LogP contribution in [0.4, 0.5) is 34.1 Å². The zero-order valence-electron chi connectivity index (χ0n) is 53.1. The van der Waals surface area contributed by atoms with Gasteiger partial charge in [-0.05, 0) is 137 Å². The van der Waals surface area contributed by atoms with Gasteiger partial charge in [0.15, 0.2) is 11.3 Å². The van der Waals surface area contributed by atoms with Crippen LogP contribution < -0.4 is 52.1 Å². The first-order valence-corrected chi connectivity index (χ1v) is 32.8. The Morgan fingerprint density at radius 1 is 0.298 bits per heavy atom. The summed E-state index contributed by atoms with van der Waals surface area (Å²) >= 11 is 0. The summed E-state index contributed by atoms with van der Waals surface area (Å²) in [4.78, 5) is 5.09. The van der Waals surface area contributed by atoms with Gasteiger partial charge in [0.2, 0.25) is 0 Å². The third-order valence-corrected chi connectivity index (χ3v) is 20.3. The van der Waals surface area contributed by atoms with Gasteiger partial charge < -0.3 is 28.1 Å². The number of fused-ring (bicyclic) bond motifs is 16. The lowest BCUT2D eigenvalue weighted by Crippen LogP contribution is -2.63. The molecule has 4 aliphatic rings. The highest BCUT2D eigenvalue weighted by Crippen LogP contribution is 2.53. The number of nitrogens with zero attached hydrogens (tertiary/aromatic N) is 2. The van der Waals surface area contributed by atoms with Crippen LogP contribution in [0, 0.1) is 0 Å². The predicted octanol–water partition coefficient (Wildman–Crippen LogP) is 19.6. The van der Waals surface area contributed by atoms with E-state index < -0.39 is 0 Å². The molecule has 0 radical (unpaired) electrons. The molecule has 446 valence electrons. The van der Waals surface area contributed by atoms with Gasteiger partial charge in [0.1, 0.15) is 34.0 Å². The molecule has 0 N–H and O–H groups in total. The number of rotatable bonds is 6. The molecule has 0 atom stereocenters. The van der Waals surface area contributed by atoms with Crippen LogP contribution in [0.3, 0.4) is 0 Å². The molecule has 15 aromatic rings. The smallest absolute Gasteiger partial charge is 0.256 e. The average Bonchev–Trinajstić information content (AvgIpc) is 1.08. The van der Waals surface area contributed by atoms with Crippen molar-refractivity contribution in [1.29, 1.82) is 0 Å². The van der Waals surface area contributed by atoms with Crippen LogP contribution in [-0.4, -0.2) is 13.4 Å². The molecule has 6 heterocycles. The summed E-state index contributed by atoms with van der Waals surface area (Å²) in [5, 5.41) is 4.04. The summed E-state index contributed by atoms with van der Waals surface area (Å²) in [6.45, 7) is 13.3. The first kappa shape index (κ1) is 54.5. The molecule has 6 nitrogen and oxygen atoms in total. The van der Waals surface area contributed by atoms with Crippen molar-refractivity contribution in [2.24, 2.45) is 0 Å². The van der Waals surface area contributed by atoms with Gasteiger partial charge in [-0.1, -0.05) is 254 Å². The average molecular weight is 1210 g/mol. The second-order valence-corrected chi connectivity index (χ2v) is 27.9. The fourth-order valence-corrected chi connectivity index (χ4v) is 15.7. The van der Waals surface area contributed by atoms with E-state index in [-0.39, 0.29) is 24.3 Å². The second kappa shape index (κ2) is 20.1. The topological polar surface area (TPSA) is 51.2 Å². The van der Waals surface area contributed by atoms with Crippen LogP contribution in [-0.2, 0) is 10.8 Å². The van der Waals surface area contributed by atoms with Crippen molar-refractivity contribution < 1.29 is 18.3 Å². The van der Waals surface area contributed by atoms with E-state index in [1.54, 1.807) is 0 Å². The number of ether oxygens (including phenoxy) is 2. The van der Waals surface area contributed by atoms with Gasteiger partial charge in [-0.15, -0.1) is 0 Å². The molecular weight excluding hydrogens is 1150 g/mol. The largest absolute Gasteiger partial charge is 0.458 e. The molecule has 4 aliphatic heterocycles. The molecule has 0 bridgehead atoms. The number of furan rings is 2. The fraction of sp³-hybridized carbons (Fsp3) is 0.0930. The van der Waals surface area contributed by atoms with Gasteiger partial charge in [0.25, 0.3) is 13.4 Å². The van der Waals surface area contributed by atoms with Gasteiger partial charge in [-0.3, -0.25) is 0 Å². The van der Waals surface area contributed by atoms with Gasteiger partial charge in [-0.2, -0.15) is 0 Å². The Kier molecular flexibility index (Phi) is 11.7. The molecule has 0 saturated carbocycles. The Labute approximate surface area is 547 Å². The summed E-state index contributed by atoms with van der Waals surface area (Å²) in [5.74, 6) is 3.15. The molecule has 0 spiro atoms. The zero-order chi connectivity index (χ0) is 62.9. The molecule has 13 aromatic carbocycles. The van der Waals surface area contributed by atoms with E-state index in [2.05, 4.69) is 312 Å². The molecule has 0 unspecified atom stereocenters. The van der Waals surface area contributed by atoms with Crippen molar-refractivity contribution in [1.82, 2.24) is 0 Å². The first-order valence-electron chi connectivity index (χ1n) is 32.8. The van der Waals surface area contributed by atoms with E-state index in [4.69, 9.17) is 18.3 Å². The third-order valence-electron chi connectivity index (χ3n) is 20.3. The van der Waals surface area contributed by atoms with Crippen molar-refractivity contribution in [3.8, 4) is 67.5 Å². The van der Waals surface area contributed by atoms with Crippen molar-refractivity contribution >= 4 is 124 Å². The van der Waals surface area contributed by atoms with Crippen LogP contribution in [0.15, 0.2) is 276 Å². The lowest BCUT2D eigenvalue weighted by Gasteiger charge is -2.45. The zero-order valence-corrected chi connectivity index (χ0v) is 53.1. The monoisotopic (exact) mass is 1210 g/mol. The van der Waals surface area contributed by atoms with Gasteiger partial charge in [-0.25, -0.2) is 0 Å². The predicted molar refractivity (Wildman–Crippen MR) is 392 cm³/mol. The van der Waals surface area contributed by atoms with Crippen molar-refractivity contribution in [3.05, 3.63) is 278 Å². The summed E-state index contributed by atoms with van der Waals surface area (Å²) in [6, 6.07) is 97.7. The Hall–Kier alpha value is -11.2. The number of hydrogen-bond donors (Lipinski definition) is 0. The number of hydrogen-bond acceptors (Lipinski definition) is 6. The highest BCUT2D eigenvalue weighted by atomic mass is 16.5. The minimum Gasteiger partial charge on any atom is -0.458 e. The lowest BCUT2D eigenvalue weighted by molar-refractivity contribution is 0.481. The van der Waals surface area contributed by atoms with Crippen molar-refractivity contribution in [3.63, 3.8) is 0 Å². The minimum atomic E-state index is -0.321. The maximum atomic E-state index is 7.70.